The Balaban J connectivity index is 1.63. The molecule has 0 unspecified atom stereocenters. The minimum atomic E-state index is -0.408. The van der Waals surface area contributed by atoms with Crippen molar-refractivity contribution in [3.05, 3.63) is 60.2 Å². The van der Waals surface area contributed by atoms with Crippen molar-refractivity contribution < 1.29 is 19.0 Å². The van der Waals surface area contributed by atoms with E-state index in [1.165, 1.54) is 12.7 Å². The molecular weight excluding hydrogens is 294 g/mol. The number of ether oxygens (including phenoxy) is 3. The van der Waals surface area contributed by atoms with Gasteiger partial charge in [-0.3, -0.25) is 0 Å². The van der Waals surface area contributed by atoms with E-state index in [9.17, 15) is 4.79 Å². The molecule has 0 fully saturated rings. The molecule has 23 heavy (non-hydrogen) atoms. The summed E-state index contributed by atoms with van der Waals surface area (Å²) in [6, 6.07) is 17.4. The number of carbonyl (C=O) groups excluding carboxylic acids is 1. The highest BCUT2D eigenvalue weighted by molar-refractivity contribution is 5.70. The smallest absolute Gasteiger partial charge is 0.343 e. The van der Waals surface area contributed by atoms with Crippen LogP contribution in [0, 0.1) is 0 Å². The van der Waals surface area contributed by atoms with Crippen LogP contribution in [0.5, 0.6) is 11.5 Å². The number of hydrogen-bond acceptors (Lipinski definition) is 5. The summed E-state index contributed by atoms with van der Waals surface area (Å²) in [7, 11) is 1.33. The zero-order valence-corrected chi connectivity index (χ0v) is 13.2. The van der Waals surface area contributed by atoms with Gasteiger partial charge in [-0.25, -0.2) is 4.79 Å². The highest BCUT2D eigenvalue weighted by Gasteiger charge is 2.02. The Morgan fingerprint density at radius 3 is 2.26 bits per heavy atom. The fourth-order valence-electron chi connectivity index (χ4n) is 1.90. The van der Waals surface area contributed by atoms with Gasteiger partial charge in [0.25, 0.3) is 0 Å². The molecule has 0 aliphatic heterocycles. The Bertz CT molecular complexity index is 584. The SMILES string of the molecule is COC(=O)COc1ccc(OCCNCc2ccccc2)cc1. The summed E-state index contributed by atoms with van der Waals surface area (Å²) in [4.78, 5) is 11.0. The van der Waals surface area contributed by atoms with Gasteiger partial charge < -0.3 is 19.5 Å². The first-order chi connectivity index (χ1) is 11.3. The third kappa shape index (κ3) is 6.40. The zero-order chi connectivity index (χ0) is 16.3. The molecule has 0 aliphatic rings. The molecule has 0 aromatic heterocycles. The van der Waals surface area contributed by atoms with E-state index in [2.05, 4.69) is 22.2 Å². The van der Waals surface area contributed by atoms with Crippen LogP contribution in [0.25, 0.3) is 0 Å². The molecule has 0 heterocycles. The average Bonchev–Trinajstić information content (AvgIpc) is 2.61. The summed E-state index contributed by atoms with van der Waals surface area (Å²) in [5.74, 6) is 0.955. The fraction of sp³-hybridized carbons (Fsp3) is 0.278. The lowest BCUT2D eigenvalue weighted by atomic mass is 10.2. The molecule has 2 rings (SSSR count). The summed E-state index contributed by atoms with van der Waals surface area (Å²) in [5.41, 5.74) is 1.25. The van der Waals surface area contributed by atoms with Crippen molar-refractivity contribution in [2.45, 2.75) is 6.54 Å². The number of methoxy groups -OCH3 is 1. The number of carbonyl (C=O) groups is 1. The van der Waals surface area contributed by atoms with Crippen LogP contribution in [-0.2, 0) is 16.1 Å². The van der Waals surface area contributed by atoms with Crippen LogP contribution in [0.1, 0.15) is 5.56 Å². The normalized spacial score (nSPS) is 10.1. The highest BCUT2D eigenvalue weighted by atomic mass is 16.6. The maximum absolute atomic E-state index is 11.0. The first-order valence-electron chi connectivity index (χ1n) is 7.45. The summed E-state index contributed by atoms with van der Waals surface area (Å²) < 4.78 is 15.4. The van der Waals surface area contributed by atoms with Gasteiger partial charge in [0.1, 0.15) is 18.1 Å². The van der Waals surface area contributed by atoms with Crippen molar-refractivity contribution in [2.24, 2.45) is 0 Å². The van der Waals surface area contributed by atoms with Crippen LogP contribution < -0.4 is 14.8 Å². The molecule has 0 saturated carbocycles. The van der Waals surface area contributed by atoms with Gasteiger partial charge in [0.15, 0.2) is 6.61 Å². The molecule has 122 valence electrons. The van der Waals surface area contributed by atoms with E-state index < -0.39 is 5.97 Å². The van der Waals surface area contributed by atoms with Crippen LogP contribution in [0.2, 0.25) is 0 Å². The lowest BCUT2D eigenvalue weighted by molar-refractivity contribution is -0.142. The van der Waals surface area contributed by atoms with Crippen LogP contribution >= 0.6 is 0 Å². The number of benzene rings is 2. The zero-order valence-electron chi connectivity index (χ0n) is 13.2. The molecule has 0 bridgehead atoms. The standard InChI is InChI=1S/C18H21NO4/c1-21-18(20)14-23-17-9-7-16(8-10-17)22-12-11-19-13-15-5-3-2-4-6-15/h2-10,19H,11-14H2,1H3. The lowest BCUT2D eigenvalue weighted by Crippen LogP contribution is -2.20. The van der Waals surface area contributed by atoms with E-state index in [1.807, 2.05) is 30.3 Å². The van der Waals surface area contributed by atoms with E-state index in [4.69, 9.17) is 9.47 Å². The van der Waals surface area contributed by atoms with E-state index in [0.29, 0.717) is 12.4 Å². The second kappa shape index (κ2) is 9.48. The van der Waals surface area contributed by atoms with E-state index in [0.717, 1.165) is 18.8 Å². The quantitative estimate of drug-likeness (QED) is 0.569. The molecule has 0 radical (unpaired) electrons. The van der Waals surface area contributed by atoms with E-state index >= 15 is 0 Å². The van der Waals surface area contributed by atoms with Crippen molar-refractivity contribution in [3.63, 3.8) is 0 Å². The van der Waals surface area contributed by atoms with Gasteiger partial charge in [-0.1, -0.05) is 30.3 Å². The molecule has 0 atom stereocenters. The minimum Gasteiger partial charge on any atom is -0.492 e. The number of hydrogen-bond donors (Lipinski definition) is 1. The molecule has 5 heteroatoms. The van der Waals surface area contributed by atoms with Gasteiger partial charge >= 0.3 is 5.97 Å². The minimum absolute atomic E-state index is 0.0971. The third-order valence-corrected chi connectivity index (χ3v) is 3.13. The van der Waals surface area contributed by atoms with Gasteiger partial charge in [0, 0.05) is 13.1 Å². The summed E-state index contributed by atoms with van der Waals surface area (Å²) >= 11 is 0. The number of rotatable bonds is 9. The Morgan fingerprint density at radius 1 is 0.957 bits per heavy atom. The van der Waals surface area contributed by atoms with Crippen LogP contribution in [0.15, 0.2) is 54.6 Å². The molecule has 0 saturated heterocycles. The summed E-state index contributed by atoms with van der Waals surface area (Å²) in [5, 5.41) is 3.32. The van der Waals surface area contributed by atoms with Gasteiger partial charge in [-0.05, 0) is 29.8 Å². The van der Waals surface area contributed by atoms with Crippen molar-refractivity contribution in [1.29, 1.82) is 0 Å². The molecule has 0 spiro atoms. The maximum Gasteiger partial charge on any atom is 0.343 e. The largest absolute Gasteiger partial charge is 0.492 e. The van der Waals surface area contributed by atoms with Gasteiger partial charge in [0.2, 0.25) is 0 Å². The second-order valence-corrected chi connectivity index (χ2v) is 4.85. The predicted octanol–water partition coefficient (Wildman–Crippen LogP) is 2.41. The van der Waals surface area contributed by atoms with Crippen molar-refractivity contribution in [2.75, 3.05) is 26.9 Å². The Morgan fingerprint density at radius 2 is 1.61 bits per heavy atom. The molecule has 1 N–H and O–H groups in total. The first-order valence-corrected chi connectivity index (χ1v) is 7.45. The monoisotopic (exact) mass is 315 g/mol. The third-order valence-electron chi connectivity index (χ3n) is 3.13. The second-order valence-electron chi connectivity index (χ2n) is 4.85. The first kappa shape index (κ1) is 16.8. The van der Waals surface area contributed by atoms with Crippen LogP contribution in [-0.4, -0.2) is 32.8 Å². The van der Waals surface area contributed by atoms with Crippen molar-refractivity contribution in [1.82, 2.24) is 5.32 Å². The molecule has 5 nitrogen and oxygen atoms in total. The Kier molecular flexibility index (Phi) is 6.94. The van der Waals surface area contributed by atoms with Gasteiger partial charge in [-0.15, -0.1) is 0 Å². The fourth-order valence-corrected chi connectivity index (χ4v) is 1.90. The average molecular weight is 315 g/mol. The van der Waals surface area contributed by atoms with Gasteiger partial charge in [0.05, 0.1) is 7.11 Å². The Labute approximate surface area is 136 Å². The molecule has 2 aromatic carbocycles. The lowest BCUT2D eigenvalue weighted by Gasteiger charge is -2.09. The topological polar surface area (TPSA) is 56.8 Å². The molecular formula is C18H21NO4. The Hall–Kier alpha value is -2.53. The molecule has 0 aliphatic carbocycles. The maximum atomic E-state index is 11.0. The van der Waals surface area contributed by atoms with E-state index in [-0.39, 0.29) is 6.61 Å². The summed E-state index contributed by atoms with van der Waals surface area (Å²) in [6.07, 6.45) is 0. The number of esters is 1. The van der Waals surface area contributed by atoms with Crippen molar-refractivity contribution in [3.8, 4) is 11.5 Å². The van der Waals surface area contributed by atoms with Crippen LogP contribution in [0.4, 0.5) is 0 Å². The van der Waals surface area contributed by atoms with Crippen molar-refractivity contribution >= 4 is 5.97 Å². The highest BCUT2D eigenvalue weighted by Crippen LogP contribution is 2.17. The molecule has 2 aromatic rings. The number of nitrogens with one attached hydrogen (secondary N) is 1. The van der Waals surface area contributed by atoms with Crippen LogP contribution in [0.3, 0.4) is 0 Å². The summed E-state index contributed by atoms with van der Waals surface area (Å²) in [6.45, 7) is 2.06. The predicted molar refractivity (Wildman–Crippen MR) is 87.6 cm³/mol. The van der Waals surface area contributed by atoms with E-state index in [1.54, 1.807) is 12.1 Å². The van der Waals surface area contributed by atoms with Gasteiger partial charge in [-0.2, -0.15) is 0 Å². The molecule has 0 amide bonds.